The predicted molar refractivity (Wildman–Crippen MR) is 131 cm³/mol. The second kappa shape index (κ2) is 8.61. The van der Waals surface area contributed by atoms with Crippen molar-refractivity contribution in [3.8, 4) is 11.5 Å². The SMILES string of the molecule is CN(Cc1ccc2oc3c(Cl)c(=O)c4ccccc4c-3nc2c1)Cc1ccccc1B(O)O. The first kappa shape index (κ1) is 21.6. The fraction of sp³-hybridized carbons (Fsp3) is 0.120. The van der Waals surface area contributed by atoms with Crippen LogP contribution in [0.1, 0.15) is 11.1 Å². The molecule has 8 heteroatoms. The quantitative estimate of drug-likeness (QED) is 0.238. The van der Waals surface area contributed by atoms with Gasteiger partial charge in [0.15, 0.2) is 11.3 Å². The summed E-state index contributed by atoms with van der Waals surface area (Å²) in [7, 11) is 0.456. The maximum absolute atomic E-state index is 12.6. The van der Waals surface area contributed by atoms with Crippen LogP contribution in [0.5, 0.6) is 0 Å². The molecule has 3 aromatic rings. The number of aromatic nitrogens is 1. The summed E-state index contributed by atoms with van der Waals surface area (Å²) in [4.78, 5) is 19.5. The van der Waals surface area contributed by atoms with Crippen LogP contribution >= 0.6 is 11.6 Å². The highest BCUT2D eigenvalue weighted by Gasteiger charge is 2.21. The van der Waals surface area contributed by atoms with E-state index >= 15 is 0 Å². The van der Waals surface area contributed by atoms with Gasteiger partial charge in [-0.15, -0.1) is 0 Å². The average molecular weight is 459 g/mol. The van der Waals surface area contributed by atoms with Crippen molar-refractivity contribution in [3.63, 3.8) is 0 Å². The number of halogens is 1. The number of hydrogen-bond acceptors (Lipinski definition) is 6. The molecule has 0 saturated carbocycles. The molecule has 33 heavy (non-hydrogen) atoms. The maximum atomic E-state index is 12.6. The van der Waals surface area contributed by atoms with Gasteiger partial charge in [-0.2, -0.15) is 0 Å². The second-order valence-electron chi connectivity index (χ2n) is 8.13. The van der Waals surface area contributed by atoms with Crippen molar-refractivity contribution in [2.24, 2.45) is 0 Å². The van der Waals surface area contributed by atoms with Gasteiger partial charge in [-0.1, -0.05) is 66.2 Å². The summed E-state index contributed by atoms with van der Waals surface area (Å²) in [6.07, 6.45) is 0. The molecule has 6 nitrogen and oxygen atoms in total. The molecule has 1 heterocycles. The molecule has 1 aliphatic carbocycles. The first-order valence-electron chi connectivity index (χ1n) is 10.5. The van der Waals surface area contributed by atoms with Crippen molar-refractivity contribution >= 4 is 46.1 Å². The Hall–Kier alpha value is -3.23. The Bertz CT molecular complexity index is 1520. The number of rotatable bonds is 5. The van der Waals surface area contributed by atoms with Crippen LogP contribution in [0.2, 0.25) is 5.02 Å². The summed E-state index contributed by atoms with van der Waals surface area (Å²) in [5, 5.41) is 20.5. The van der Waals surface area contributed by atoms with E-state index in [4.69, 9.17) is 21.0 Å². The normalized spacial score (nSPS) is 11.7. The third kappa shape index (κ3) is 4.00. The van der Waals surface area contributed by atoms with Crippen molar-refractivity contribution in [2.75, 3.05) is 7.05 Å². The van der Waals surface area contributed by atoms with Crippen LogP contribution in [-0.2, 0) is 13.1 Å². The second-order valence-corrected chi connectivity index (χ2v) is 8.51. The van der Waals surface area contributed by atoms with Gasteiger partial charge >= 0.3 is 7.12 Å². The van der Waals surface area contributed by atoms with Crippen LogP contribution in [0.4, 0.5) is 0 Å². The third-order valence-corrected chi connectivity index (χ3v) is 6.08. The summed E-state index contributed by atoms with van der Waals surface area (Å²) in [5.41, 5.74) is 3.86. The van der Waals surface area contributed by atoms with E-state index in [2.05, 4.69) is 4.90 Å². The highest BCUT2D eigenvalue weighted by Crippen LogP contribution is 2.35. The zero-order chi connectivity index (χ0) is 23.1. The van der Waals surface area contributed by atoms with E-state index in [9.17, 15) is 14.8 Å². The van der Waals surface area contributed by atoms with Crippen molar-refractivity contribution in [3.05, 3.63) is 93.1 Å². The minimum absolute atomic E-state index is 0.0339. The van der Waals surface area contributed by atoms with Gasteiger partial charge in [-0.05, 0) is 35.8 Å². The zero-order valence-corrected chi connectivity index (χ0v) is 18.6. The summed E-state index contributed by atoms with van der Waals surface area (Å²) >= 11 is 6.33. The van der Waals surface area contributed by atoms with E-state index in [1.54, 1.807) is 24.3 Å². The van der Waals surface area contributed by atoms with Gasteiger partial charge in [-0.3, -0.25) is 9.69 Å². The molecule has 0 bridgehead atoms. The van der Waals surface area contributed by atoms with Crippen LogP contribution in [0.25, 0.3) is 33.3 Å². The van der Waals surface area contributed by atoms with Gasteiger partial charge in [0.2, 0.25) is 5.43 Å². The molecule has 0 saturated heterocycles. The molecular formula is C25H20BClN2O4. The molecule has 0 fully saturated rings. The molecule has 0 unspecified atom stereocenters. The van der Waals surface area contributed by atoms with E-state index in [-0.39, 0.29) is 16.2 Å². The largest absolute Gasteiger partial charge is 0.488 e. The predicted octanol–water partition coefficient (Wildman–Crippen LogP) is 3.41. The average Bonchev–Trinajstić information content (AvgIpc) is 2.81. The molecule has 164 valence electrons. The molecule has 3 aromatic carbocycles. The molecule has 5 rings (SSSR count). The highest BCUT2D eigenvalue weighted by molar-refractivity contribution is 6.59. The summed E-state index contributed by atoms with van der Waals surface area (Å²) in [6, 6.07) is 20.2. The topological polar surface area (TPSA) is 86.8 Å². The molecule has 0 atom stereocenters. The van der Waals surface area contributed by atoms with Gasteiger partial charge in [-0.25, -0.2) is 4.98 Å². The lowest BCUT2D eigenvalue weighted by molar-refractivity contribution is 0.319. The highest BCUT2D eigenvalue weighted by atomic mass is 35.5. The first-order valence-corrected chi connectivity index (χ1v) is 10.9. The monoisotopic (exact) mass is 458 g/mol. The number of hydrogen-bond donors (Lipinski definition) is 2. The van der Waals surface area contributed by atoms with Crippen LogP contribution in [0.3, 0.4) is 0 Å². The van der Waals surface area contributed by atoms with E-state index in [0.717, 1.165) is 11.1 Å². The van der Waals surface area contributed by atoms with Crippen molar-refractivity contribution in [1.82, 2.24) is 9.88 Å². The smallest absolute Gasteiger partial charge is 0.451 e. The van der Waals surface area contributed by atoms with E-state index in [1.165, 1.54) is 0 Å². The Morgan fingerprint density at radius 2 is 1.73 bits per heavy atom. The first-order chi connectivity index (χ1) is 15.9. The van der Waals surface area contributed by atoms with Gasteiger partial charge in [0.1, 0.15) is 16.2 Å². The molecule has 0 radical (unpaired) electrons. The van der Waals surface area contributed by atoms with Crippen molar-refractivity contribution in [2.45, 2.75) is 13.1 Å². The Labute approximate surface area is 195 Å². The van der Waals surface area contributed by atoms with Crippen molar-refractivity contribution in [1.29, 1.82) is 0 Å². The van der Waals surface area contributed by atoms with E-state index in [0.29, 0.717) is 46.1 Å². The molecule has 2 N–H and O–H groups in total. The Balaban J connectivity index is 1.51. The summed E-state index contributed by atoms with van der Waals surface area (Å²) in [5.74, 6) is 0.289. The van der Waals surface area contributed by atoms with Crippen LogP contribution < -0.4 is 10.9 Å². The van der Waals surface area contributed by atoms with E-state index in [1.807, 2.05) is 49.5 Å². The van der Waals surface area contributed by atoms with Crippen LogP contribution in [0, 0.1) is 0 Å². The molecular weight excluding hydrogens is 439 g/mol. The van der Waals surface area contributed by atoms with Crippen LogP contribution in [0.15, 0.2) is 75.9 Å². The van der Waals surface area contributed by atoms with Crippen LogP contribution in [-0.4, -0.2) is 34.1 Å². The minimum Gasteiger partial charge on any atom is -0.451 e. The molecule has 1 aliphatic heterocycles. The van der Waals surface area contributed by atoms with Gasteiger partial charge in [0.05, 0.1) is 0 Å². The van der Waals surface area contributed by atoms with Gasteiger partial charge in [0, 0.05) is 23.9 Å². The Morgan fingerprint density at radius 3 is 2.52 bits per heavy atom. The van der Waals surface area contributed by atoms with Gasteiger partial charge in [0.25, 0.3) is 0 Å². The zero-order valence-electron chi connectivity index (χ0n) is 17.8. The third-order valence-electron chi connectivity index (χ3n) is 5.73. The summed E-state index contributed by atoms with van der Waals surface area (Å²) < 4.78 is 6.00. The lowest BCUT2D eigenvalue weighted by atomic mass is 9.77. The number of nitrogens with zero attached hydrogens (tertiary/aromatic N) is 2. The number of fused-ring (bicyclic) bond motifs is 4. The minimum atomic E-state index is -1.51. The molecule has 0 aromatic heterocycles. The fourth-order valence-corrected chi connectivity index (χ4v) is 4.42. The van der Waals surface area contributed by atoms with Crippen molar-refractivity contribution < 1.29 is 14.5 Å². The Morgan fingerprint density at radius 1 is 1.00 bits per heavy atom. The van der Waals surface area contributed by atoms with E-state index < -0.39 is 7.12 Å². The fourth-order valence-electron chi connectivity index (χ4n) is 4.19. The lowest BCUT2D eigenvalue weighted by Crippen LogP contribution is -2.34. The maximum Gasteiger partial charge on any atom is 0.488 e. The summed E-state index contributed by atoms with van der Waals surface area (Å²) in [6.45, 7) is 1.17. The number of benzene rings is 4. The molecule has 0 spiro atoms. The molecule has 2 aliphatic rings. The van der Waals surface area contributed by atoms with Gasteiger partial charge < -0.3 is 14.5 Å². The lowest BCUT2D eigenvalue weighted by Gasteiger charge is -2.19. The Kier molecular flexibility index (Phi) is 5.64. The standard InChI is InChI=1S/C25H20BClN2O4/c1-29(14-16-6-2-5-9-19(16)26(31)32)13-15-10-11-21-20(12-15)28-23-17-7-3-4-8-18(17)24(30)22(27)25(23)33-21/h2-12,31-32H,13-14H2,1H3. The molecule has 0 amide bonds.